The number of aliphatic hydroxyl groups excluding tert-OH is 1. The monoisotopic (exact) mass is 489 g/mol. The Labute approximate surface area is 209 Å². The van der Waals surface area contributed by atoms with Crippen LogP contribution in [0.2, 0.25) is 5.02 Å². The van der Waals surface area contributed by atoms with E-state index in [1.807, 2.05) is 66.7 Å². The lowest BCUT2D eigenvalue weighted by atomic mass is 9.92. The smallest absolute Gasteiger partial charge is 0.195 e. The van der Waals surface area contributed by atoms with E-state index < -0.39 is 12.1 Å². The first-order chi connectivity index (χ1) is 17.1. The Morgan fingerprint density at radius 2 is 1.74 bits per heavy atom. The topological polar surface area (TPSA) is 68.8 Å². The van der Waals surface area contributed by atoms with Crippen molar-refractivity contribution in [3.05, 3.63) is 95.1 Å². The van der Waals surface area contributed by atoms with Crippen molar-refractivity contribution < 1.29 is 14.6 Å². The lowest BCUT2D eigenvalue weighted by molar-refractivity contribution is 0.0359. The van der Waals surface area contributed by atoms with E-state index in [2.05, 4.69) is 20.9 Å². The molecule has 35 heavy (non-hydrogen) atoms. The summed E-state index contributed by atoms with van der Waals surface area (Å²) >= 11 is 6.20. The van der Waals surface area contributed by atoms with E-state index in [1.54, 1.807) is 13.3 Å². The molecule has 1 fully saturated rings. The van der Waals surface area contributed by atoms with E-state index in [0.29, 0.717) is 29.4 Å². The molecule has 0 aliphatic carbocycles. The number of para-hydroxylation sites is 2. The van der Waals surface area contributed by atoms with E-state index in [9.17, 15) is 9.90 Å². The second kappa shape index (κ2) is 10.1. The van der Waals surface area contributed by atoms with Crippen LogP contribution < -0.4 is 9.64 Å². The molecule has 5 rings (SSSR count). The largest absolute Gasteiger partial charge is 0.496 e. The number of aromatic amines is 1. The van der Waals surface area contributed by atoms with E-state index in [0.717, 1.165) is 35.2 Å². The molecule has 3 aromatic carbocycles. The van der Waals surface area contributed by atoms with Gasteiger partial charge < -0.3 is 19.7 Å². The van der Waals surface area contributed by atoms with Gasteiger partial charge in [-0.1, -0.05) is 54.1 Å². The van der Waals surface area contributed by atoms with Crippen LogP contribution in [-0.4, -0.2) is 60.2 Å². The minimum Gasteiger partial charge on any atom is -0.496 e. The predicted molar refractivity (Wildman–Crippen MR) is 140 cm³/mol. The molecule has 0 unspecified atom stereocenters. The van der Waals surface area contributed by atoms with Crippen molar-refractivity contribution in [2.75, 3.05) is 38.2 Å². The van der Waals surface area contributed by atoms with E-state index in [1.165, 1.54) is 0 Å². The highest BCUT2D eigenvalue weighted by molar-refractivity contribution is 6.30. The molecule has 4 aromatic rings. The second-order valence-corrected chi connectivity index (χ2v) is 9.18. The maximum absolute atomic E-state index is 13.6. The zero-order chi connectivity index (χ0) is 24.4. The number of aromatic nitrogens is 1. The van der Waals surface area contributed by atoms with Gasteiger partial charge in [-0.3, -0.25) is 9.69 Å². The molecule has 2 heterocycles. The summed E-state index contributed by atoms with van der Waals surface area (Å²) in [6, 6.07) is 22.5. The number of nitrogens with one attached hydrogen (secondary N) is 1. The molecule has 1 aliphatic rings. The summed E-state index contributed by atoms with van der Waals surface area (Å²) in [6.07, 6.45) is 0.426. The van der Waals surface area contributed by atoms with Crippen molar-refractivity contribution in [2.45, 2.75) is 12.1 Å². The first kappa shape index (κ1) is 23.4. The van der Waals surface area contributed by atoms with Crippen molar-refractivity contribution in [3.63, 3.8) is 0 Å². The summed E-state index contributed by atoms with van der Waals surface area (Å²) in [6.45, 7) is 2.85. The van der Waals surface area contributed by atoms with Crippen molar-refractivity contribution in [3.8, 4) is 5.75 Å². The van der Waals surface area contributed by atoms with Crippen LogP contribution in [0, 0.1) is 0 Å². The molecule has 180 valence electrons. The molecule has 1 saturated heterocycles. The third-order valence-electron chi connectivity index (χ3n) is 6.76. The number of halogens is 1. The molecule has 0 bridgehead atoms. The number of rotatable bonds is 7. The molecule has 7 heteroatoms. The predicted octanol–water partition coefficient (Wildman–Crippen LogP) is 4.94. The average Bonchev–Trinajstić information content (AvgIpc) is 3.33. The number of benzene rings is 3. The van der Waals surface area contributed by atoms with Crippen molar-refractivity contribution in [2.24, 2.45) is 0 Å². The Hall–Kier alpha value is -3.32. The maximum Gasteiger partial charge on any atom is 0.195 e. The van der Waals surface area contributed by atoms with Crippen LogP contribution >= 0.6 is 11.6 Å². The third-order valence-corrected chi connectivity index (χ3v) is 7.00. The van der Waals surface area contributed by atoms with Crippen LogP contribution in [-0.2, 0) is 0 Å². The Kier molecular flexibility index (Phi) is 6.77. The van der Waals surface area contributed by atoms with Gasteiger partial charge in [0.05, 0.1) is 13.2 Å². The number of carbonyl (C=O) groups is 1. The van der Waals surface area contributed by atoms with Crippen LogP contribution in [0.1, 0.15) is 22.0 Å². The lowest BCUT2D eigenvalue weighted by Gasteiger charge is -2.42. The fraction of sp³-hybridized carbons (Fsp3) is 0.250. The Bertz CT molecular complexity index is 1330. The highest BCUT2D eigenvalue weighted by Crippen LogP contribution is 2.35. The van der Waals surface area contributed by atoms with Gasteiger partial charge in [-0.15, -0.1) is 0 Å². The minimum atomic E-state index is -1.26. The number of carbonyl (C=O) groups excluding carboxylic acids is 1. The number of H-pyrrole nitrogens is 1. The molecule has 0 saturated carbocycles. The summed E-state index contributed by atoms with van der Waals surface area (Å²) in [5.41, 5.74) is 3.23. The SMILES string of the molecule is COc1ccccc1[C@@H]([C@H](O)C(=O)c1c[nH]c2ccccc12)N1CCN(c2cccc(Cl)c2)CC1. The van der Waals surface area contributed by atoms with Crippen LogP contribution in [0.15, 0.2) is 79.0 Å². The molecular formula is C28H28ClN3O3. The van der Waals surface area contributed by atoms with Crippen LogP contribution in [0.25, 0.3) is 10.9 Å². The van der Waals surface area contributed by atoms with Gasteiger partial charge >= 0.3 is 0 Å². The number of methoxy groups -OCH3 is 1. The highest BCUT2D eigenvalue weighted by Gasteiger charge is 2.37. The molecule has 2 N–H and O–H groups in total. The van der Waals surface area contributed by atoms with Gasteiger partial charge in [-0.25, -0.2) is 0 Å². The standard InChI is InChI=1S/C28H28ClN3O3/c1-35-25-12-5-3-10-22(25)26(28(34)27(33)23-18-30-24-11-4-2-9-21(23)24)32-15-13-31(14-16-32)20-8-6-7-19(29)17-20/h2-12,17-18,26,28,30,34H,13-16H2,1H3/t26-,28-/m0/s1. The number of aliphatic hydroxyl groups is 1. The molecule has 1 aliphatic heterocycles. The first-order valence-electron chi connectivity index (χ1n) is 11.7. The fourth-order valence-electron chi connectivity index (χ4n) is 4.99. The summed E-state index contributed by atoms with van der Waals surface area (Å²) < 4.78 is 5.63. The summed E-state index contributed by atoms with van der Waals surface area (Å²) in [4.78, 5) is 21.2. The molecule has 1 aromatic heterocycles. The number of hydrogen-bond donors (Lipinski definition) is 2. The molecule has 0 radical (unpaired) electrons. The van der Waals surface area contributed by atoms with Crippen molar-refractivity contribution in [1.29, 1.82) is 0 Å². The van der Waals surface area contributed by atoms with Crippen LogP contribution in [0.5, 0.6) is 5.75 Å². The van der Waals surface area contributed by atoms with Gasteiger partial charge in [0.25, 0.3) is 0 Å². The highest BCUT2D eigenvalue weighted by atomic mass is 35.5. The van der Waals surface area contributed by atoms with Gasteiger partial charge in [0.2, 0.25) is 0 Å². The Morgan fingerprint density at radius 3 is 2.51 bits per heavy atom. The van der Waals surface area contributed by atoms with E-state index in [-0.39, 0.29) is 5.78 Å². The molecular weight excluding hydrogens is 462 g/mol. The molecule has 2 atom stereocenters. The quantitative estimate of drug-likeness (QED) is 0.360. The van der Waals surface area contributed by atoms with Crippen LogP contribution in [0.4, 0.5) is 5.69 Å². The van der Waals surface area contributed by atoms with Gasteiger partial charge in [0.15, 0.2) is 5.78 Å². The van der Waals surface area contributed by atoms with Gasteiger partial charge in [-0.05, 0) is 30.3 Å². The first-order valence-corrected chi connectivity index (χ1v) is 12.1. The number of nitrogens with zero attached hydrogens (tertiary/aromatic N) is 2. The van der Waals surface area contributed by atoms with Gasteiger partial charge in [-0.2, -0.15) is 0 Å². The number of fused-ring (bicyclic) bond motifs is 1. The lowest BCUT2D eigenvalue weighted by Crippen LogP contribution is -2.51. The summed E-state index contributed by atoms with van der Waals surface area (Å²) in [7, 11) is 1.61. The zero-order valence-corrected chi connectivity index (χ0v) is 20.3. The second-order valence-electron chi connectivity index (χ2n) is 8.75. The third kappa shape index (κ3) is 4.65. The molecule has 6 nitrogen and oxygen atoms in total. The fourth-order valence-corrected chi connectivity index (χ4v) is 5.17. The number of Topliss-reactive ketones (excluding diaryl/α,β-unsaturated/α-hetero) is 1. The average molecular weight is 490 g/mol. The van der Waals surface area contributed by atoms with Crippen molar-refractivity contribution in [1.82, 2.24) is 9.88 Å². The Morgan fingerprint density at radius 1 is 1.00 bits per heavy atom. The van der Waals surface area contributed by atoms with E-state index >= 15 is 0 Å². The van der Waals surface area contributed by atoms with E-state index in [4.69, 9.17) is 16.3 Å². The van der Waals surface area contributed by atoms with Crippen LogP contribution in [0.3, 0.4) is 0 Å². The zero-order valence-electron chi connectivity index (χ0n) is 19.5. The minimum absolute atomic E-state index is 0.310. The summed E-state index contributed by atoms with van der Waals surface area (Å²) in [5, 5.41) is 13.1. The number of hydrogen-bond acceptors (Lipinski definition) is 5. The normalized spacial score (nSPS) is 16.3. The van der Waals surface area contributed by atoms with Crippen molar-refractivity contribution >= 4 is 34.0 Å². The number of piperazine rings is 1. The maximum atomic E-state index is 13.6. The number of ether oxygens (including phenoxy) is 1. The number of ketones is 1. The molecule has 0 spiro atoms. The van der Waals surface area contributed by atoms with Gasteiger partial charge in [0.1, 0.15) is 11.9 Å². The Balaban J connectivity index is 1.45. The molecule has 0 amide bonds. The summed E-state index contributed by atoms with van der Waals surface area (Å²) in [5.74, 6) is 0.344. The van der Waals surface area contributed by atoms with Gasteiger partial charge in [0, 0.05) is 65.1 Å². The number of anilines is 1.